The molecule has 2 aromatic carbocycles. The summed E-state index contributed by atoms with van der Waals surface area (Å²) in [5, 5.41) is 27.3. The fourth-order valence-corrected chi connectivity index (χ4v) is 5.93. The van der Waals surface area contributed by atoms with Crippen molar-refractivity contribution in [1.82, 2.24) is 20.3 Å². The normalized spacial score (nSPS) is 13.2. The van der Waals surface area contributed by atoms with E-state index in [9.17, 15) is 27.9 Å². The van der Waals surface area contributed by atoms with E-state index in [0.29, 0.717) is 31.4 Å². The summed E-state index contributed by atoms with van der Waals surface area (Å²) in [7, 11) is -2.59. The highest BCUT2D eigenvalue weighted by atomic mass is 32.2. The molecule has 0 saturated heterocycles. The van der Waals surface area contributed by atoms with Gasteiger partial charge in [-0.2, -0.15) is 4.31 Å². The van der Waals surface area contributed by atoms with Crippen LogP contribution in [0.4, 0.5) is 4.79 Å². The Balaban J connectivity index is 2.21. The third-order valence-electron chi connectivity index (χ3n) is 6.45. The Hall–Kier alpha value is -3.68. The van der Waals surface area contributed by atoms with E-state index in [4.69, 9.17) is 9.84 Å². The zero-order valence-corrected chi connectivity index (χ0v) is 24.4. The first kappa shape index (κ1) is 33.5. The number of nitrogens with one attached hydrogen (secondary N) is 3. The number of carboxylic acids is 1. The average molecular weight is 593 g/mol. The van der Waals surface area contributed by atoms with Gasteiger partial charge in [0, 0.05) is 19.6 Å². The van der Waals surface area contributed by atoms with E-state index in [0.717, 1.165) is 5.56 Å². The summed E-state index contributed by atoms with van der Waals surface area (Å²) < 4.78 is 34.0. The van der Waals surface area contributed by atoms with Gasteiger partial charge < -0.3 is 30.9 Å². The number of aliphatic hydroxyl groups excluding tert-OH is 1. The van der Waals surface area contributed by atoms with Crippen molar-refractivity contribution < 1.29 is 37.8 Å². The van der Waals surface area contributed by atoms with Gasteiger partial charge in [-0.1, -0.05) is 44.2 Å². The van der Waals surface area contributed by atoms with Crippen molar-refractivity contribution in [3.8, 4) is 5.75 Å². The molecule has 0 saturated carbocycles. The lowest BCUT2D eigenvalue weighted by molar-refractivity contribution is -0.135. The number of amides is 3. The number of ether oxygens (including phenoxy) is 1. The highest BCUT2D eigenvalue weighted by Gasteiger charge is 2.34. The number of aliphatic hydroxyl groups is 1. The molecule has 0 heterocycles. The van der Waals surface area contributed by atoms with Crippen molar-refractivity contribution in [2.24, 2.45) is 5.41 Å². The maximum absolute atomic E-state index is 13.8. The molecule has 0 fully saturated rings. The molecular weight excluding hydrogens is 552 g/mol. The van der Waals surface area contributed by atoms with E-state index < -0.39 is 46.1 Å². The van der Waals surface area contributed by atoms with Crippen molar-refractivity contribution in [3.05, 3.63) is 60.2 Å². The highest BCUT2D eigenvalue weighted by Crippen LogP contribution is 2.28. The molecule has 0 aromatic heterocycles. The smallest absolute Gasteiger partial charge is 0.323 e. The minimum Gasteiger partial charge on any atom is -0.497 e. The monoisotopic (exact) mass is 592 g/mol. The van der Waals surface area contributed by atoms with Crippen molar-refractivity contribution in [1.29, 1.82) is 0 Å². The topological polar surface area (TPSA) is 174 Å². The summed E-state index contributed by atoms with van der Waals surface area (Å²) in [5.41, 5.74) is 0.293. The Morgan fingerprint density at radius 3 is 2.32 bits per heavy atom. The average Bonchev–Trinajstić information content (AvgIpc) is 2.94. The number of aliphatic carboxylic acids is 1. The quantitative estimate of drug-likeness (QED) is 0.128. The van der Waals surface area contributed by atoms with Crippen molar-refractivity contribution in [2.45, 2.75) is 50.2 Å². The van der Waals surface area contributed by atoms with Crippen molar-refractivity contribution >= 4 is 28.4 Å². The van der Waals surface area contributed by atoms with Crippen LogP contribution < -0.4 is 20.7 Å². The minimum absolute atomic E-state index is 0.0287. The van der Waals surface area contributed by atoms with Crippen molar-refractivity contribution in [2.75, 3.05) is 33.3 Å². The number of methoxy groups -OCH3 is 1. The van der Waals surface area contributed by atoms with Gasteiger partial charge in [-0.05, 0) is 54.5 Å². The molecule has 3 amide bonds. The predicted octanol–water partition coefficient (Wildman–Crippen LogP) is 1.59. The molecule has 2 atom stereocenters. The Morgan fingerprint density at radius 2 is 1.73 bits per heavy atom. The van der Waals surface area contributed by atoms with Gasteiger partial charge in [0.2, 0.25) is 16.4 Å². The Bertz CT molecular complexity index is 1220. The van der Waals surface area contributed by atoms with Gasteiger partial charge in [0.25, 0.3) is 0 Å². The molecule has 0 aliphatic heterocycles. The standard InChI is InChI=1S/C28H40N4O8S/c1-28(2,14-7-15-29-27(37)30-17-26(35)36)19-32(41(38,39)23-12-10-22(40-3)11-13-23)18-25(34)24(31-20-33)16-21-8-5-4-6-9-21/h4-6,8-13,20,24-25,34H,7,14-19H2,1-3H3,(H,31,33)(H,35,36)(H2,29,30,37). The summed E-state index contributed by atoms with van der Waals surface area (Å²) >= 11 is 0. The highest BCUT2D eigenvalue weighted by molar-refractivity contribution is 7.89. The third-order valence-corrected chi connectivity index (χ3v) is 8.28. The molecule has 2 rings (SSSR count). The molecule has 0 spiro atoms. The molecule has 5 N–H and O–H groups in total. The second-order valence-electron chi connectivity index (χ2n) is 10.4. The minimum atomic E-state index is -4.07. The van der Waals surface area contributed by atoms with Gasteiger partial charge in [-0.3, -0.25) is 9.59 Å². The van der Waals surface area contributed by atoms with Gasteiger partial charge in [0.1, 0.15) is 12.3 Å². The van der Waals surface area contributed by atoms with E-state index in [1.165, 1.54) is 23.5 Å². The predicted molar refractivity (Wildman–Crippen MR) is 153 cm³/mol. The van der Waals surface area contributed by atoms with Crippen LogP contribution in [0.3, 0.4) is 0 Å². The summed E-state index contributed by atoms with van der Waals surface area (Å²) in [4.78, 5) is 33.7. The number of carbonyl (C=O) groups excluding carboxylic acids is 2. The Kier molecular flexibility index (Phi) is 13.0. The maximum atomic E-state index is 13.8. The third kappa shape index (κ3) is 11.4. The lowest BCUT2D eigenvalue weighted by Crippen LogP contribution is -2.50. The number of carbonyl (C=O) groups is 3. The summed E-state index contributed by atoms with van der Waals surface area (Å²) in [6, 6.07) is 13.9. The number of benzene rings is 2. The summed E-state index contributed by atoms with van der Waals surface area (Å²) in [6.07, 6.45) is 0.579. The number of sulfonamides is 1. The second-order valence-corrected chi connectivity index (χ2v) is 12.3. The number of hydrogen-bond acceptors (Lipinski definition) is 7. The van der Waals surface area contributed by atoms with Crippen LogP contribution in [0.5, 0.6) is 5.75 Å². The van der Waals surface area contributed by atoms with Gasteiger partial charge in [0.05, 0.1) is 24.2 Å². The lowest BCUT2D eigenvalue weighted by atomic mass is 9.87. The number of hydrogen-bond donors (Lipinski definition) is 5. The van der Waals surface area contributed by atoms with Gasteiger partial charge in [0.15, 0.2) is 0 Å². The van der Waals surface area contributed by atoms with Gasteiger partial charge in [-0.15, -0.1) is 0 Å². The van der Waals surface area contributed by atoms with E-state index in [-0.39, 0.29) is 24.5 Å². The molecule has 2 unspecified atom stereocenters. The summed E-state index contributed by atoms with van der Waals surface area (Å²) in [5.74, 6) is -0.662. The van der Waals surface area contributed by atoms with Gasteiger partial charge >= 0.3 is 12.0 Å². The van der Waals surface area contributed by atoms with Crippen LogP contribution in [0.1, 0.15) is 32.3 Å². The first-order chi connectivity index (χ1) is 19.4. The first-order valence-corrected chi connectivity index (χ1v) is 14.6. The lowest BCUT2D eigenvalue weighted by Gasteiger charge is -2.35. The van der Waals surface area contributed by atoms with Gasteiger partial charge in [-0.25, -0.2) is 13.2 Å². The maximum Gasteiger partial charge on any atom is 0.323 e. The van der Waals surface area contributed by atoms with Crippen LogP contribution in [0.15, 0.2) is 59.5 Å². The van der Waals surface area contributed by atoms with E-state index in [2.05, 4.69) is 16.0 Å². The van der Waals surface area contributed by atoms with Crippen molar-refractivity contribution in [3.63, 3.8) is 0 Å². The van der Waals surface area contributed by atoms with Crippen LogP contribution in [0.25, 0.3) is 0 Å². The fourth-order valence-electron chi connectivity index (χ4n) is 4.29. The summed E-state index contributed by atoms with van der Waals surface area (Å²) in [6.45, 7) is 3.29. The molecular formula is C28H40N4O8S. The number of carboxylic acid groups (broad SMARTS) is 1. The zero-order valence-electron chi connectivity index (χ0n) is 23.6. The zero-order chi connectivity index (χ0) is 30.5. The molecule has 41 heavy (non-hydrogen) atoms. The molecule has 0 radical (unpaired) electrons. The van der Waals surface area contributed by atoms with Crippen LogP contribution in [-0.2, 0) is 26.0 Å². The number of rotatable bonds is 18. The molecule has 0 bridgehead atoms. The molecule has 12 nitrogen and oxygen atoms in total. The molecule has 226 valence electrons. The van der Waals surface area contributed by atoms with Crippen LogP contribution in [0.2, 0.25) is 0 Å². The Labute approximate surface area is 241 Å². The van der Waals surface area contributed by atoms with Crippen LogP contribution in [-0.4, -0.2) is 86.8 Å². The van der Waals surface area contributed by atoms with E-state index >= 15 is 0 Å². The Morgan fingerprint density at radius 1 is 1.07 bits per heavy atom. The molecule has 0 aliphatic carbocycles. The first-order valence-electron chi connectivity index (χ1n) is 13.2. The van der Waals surface area contributed by atoms with E-state index in [1.807, 2.05) is 44.2 Å². The molecule has 13 heteroatoms. The largest absolute Gasteiger partial charge is 0.497 e. The van der Waals surface area contributed by atoms with E-state index in [1.54, 1.807) is 12.1 Å². The van der Waals surface area contributed by atoms with Crippen LogP contribution >= 0.6 is 0 Å². The second kappa shape index (κ2) is 15.9. The number of urea groups is 1. The SMILES string of the molecule is COc1ccc(S(=O)(=O)N(CC(O)C(Cc2ccccc2)NC=O)CC(C)(C)CCCNC(=O)NCC(=O)O)cc1. The molecule has 0 aliphatic rings. The van der Waals surface area contributed by atoms with Crippen LogP contribution in [0, 0.1) is 5.41 Å². The fraction of sp³-hybridized carbons (Fsp3) is 0.464. The molecule has 2 aromatic rings. The number of nitrogens with zero attached hydrogens (tertiary/aromatic N) is 1.